The molecule has 0 aliphatic carbocycles. The Morgan fingerprint density at radius 3 is 2.52 bits per heavy atom. The zero-order valence-electron chi connectivity index (χ0n) is 11.5. The number of amides is 1. The fourth-order valence-electron chi connectivity index (χ4n) is 1.80. The number of nitrogens with one attached hydrogen (secondary N) is 1. The molecule has 0 atom stereocenters. The summed E-state index contributed by atoms with van der Waals surface area (Å²) in [6, 6.07) is 8.54. The van der Waals surface area contributed by atoms with Gasteiger partial charge in [-0.25, -0.2) is 0 Å². The standard InChI is InChI=1S/C13H11N3O6S/c14-11-5-4-9(7-12(11)23(20,21)22)15-13(17)8-2-1-3-10(6-8)16(18)19/h1-7H,14H2,(H,15,17)(H,20,21,22). The highest BCUT2D eigenvalue weighted by atomic mass is 32.2. The summed E-state index contributed by atoms with van der Waals surface area (Å²) in [6.07, 6.45) is 0. The molecule has 2 rings (SSSR count). The molecule has 0 radical (unpaired) electrons. The molecule has 2 aromatic rings. The van der Waals surface area contributed by atoms with Gasteiger partial charge in [-0.1, -0.05) is 6.07 Å². The molecule has 0 saturated heterocycles. The van der Waals surface area contributed by atoms with Crippen LogP contribution < -0.4 is 11.1 Å². The van der Waals surface area contributed by atoms with E-state index in [0.717, 1.165) is 12.1 Å². The van der Waals surface area contributed by atoms with E-state index in [1.54, 1.807) is 0 Å². The molecule has 0 spiro atoms. The third-order valence-corrected chi connectivity index (χ3v) is 3.78. The number of anilines is 2. The SMILES string of the molecule is Nc1ccc(NC(=O)c2cccc([N+](=O)[O-])c2)cc1S(=O)(=O)O. The molecule has 10 heteroatoms. The second-order valence-electron chi connectivity index (χ2n) is 4.49. The van der Waals surface area contributed by atoms with Gasteiger partial charge < -0.3 is 11.1 Å². The number of nitrogen functional groups attached to an aromatic ring is 1. The third-order valence-electron chi connectivity index (χ3n) is 2.87. The van der Waals surface area contributed by atoms with E-state index in [2.05, 4.69) is 5.32 Å². The lowest BCUT2D eigenvalue weighted by atomic mass is 10.2. The first-order valence-electron chi connectivity index (χ1n) is 6.11. The second-order valence-corrected chi connectivity index (χ2v) is 5.88. The molecule has 4 N–H and O–H groups in total. The number of rotatable bonds is 4. The molecule has 0 aromatic heterocycles. The molecule has 120 valence electrons. The summed E-state index contributed by atoms with van der Waals surface area (Å²) in [5.74, 6) is -0.681. The minimum absolute atomic E-state index is 0.0180. The lowest BCUT2D eigenvalue weighted by Gasteiger charge is -2.08. The van der Waals surface area contributed by atoms with E-state index in [9.17, 15) is 23.3 Å². The molecule has 0 unspecified atom stereocenters. The number of nitrogens with zero attached hydrogens (tertiary/aromatic N) is 1. The monoisotopic (exact) mass is 337 g/mol. The zero-order chi connectivity index (χ0) is 17.2. The van der Waals surface area contributed by atoms with Crippen molar-refractivity contribution >= 4 is 33.1 Å². The van der Waals surface area contributed by atoms with Crippen molar-refractivity contribution in [1.82, 2.24) is 0 Å². The van der Waals surface area contributed by atoms with Gasteiger partial charge in [0.15, 0.2) is 0 Å². The van der Waals surface area contributed by atoms with E-state index in [4.69, 9.17) is 10.3 Å². The Hall–Kier alpha value is -2.98. The second kappa shape index (κ2) is 6.02. The maximum Gasteiger partial charge on any atom is 0.296 e. The Morgan fingerprint density at radius 2 is 1.91 bits per heavy atom. The molecule has 0 aliphatic heterocycles. The number of carbonyl (C=O) groups is 1. The smallest absolute Gasteiger partial charge is 0.296 e. The third kappa shape index (κ3) is 3.81. The first-order valence-corrected chi connectivity index (χ1v) is 7.55. The maximum atomic E-state index is 12.1. The Bertz CT molecular complexity index is 894. The maximum absolute atomic E-state index is 12.1. The van der Waals surface area contributed by atoms with Crippen molar-refractivity contribution in [2.45, 2.75) is 4.90 Å². The van der Waals surface area contributed by atoms with Crippen molar-refractivity contribution in [3.63, 3.8) is 0 Å². The average molecular weight is 337 g/mol. The molecule has 0 aliphatic rings. The topological polar surface area (TPSA) is 153 Å². The average Bonchev–Trinajstić information content (AvgIpc) is 2.48. The van der Waals surface area contributed by atoms with E-state index in [0.29, 0.717) is 0 Å². The van der Waals surface area contributed by atoms with Crippen molar-refractivity contribution in [1.29, 1.82) is 0 Å². The quantitative estimate of drug-likeness (QED) is 0.332. The number of nitro benzene ring substituents is 1. The molecule has 9 nitrogen and oxygen atoms in total. The van der Waals surface area contributed by atoms with Crippen LogP contribution in [0.3, 0.4) is 0 Å². The molecular weight excluding hydrogens is 326 g/mol. The van der Waals surface area contributed by atoms with Gasteiger partial charge in [0.2, 0.25) is 0 Å². The zero-order valence-corrected chi connectivity index (χ0v) is 12.3. The van der Waals surface area contributed by atoms with Gasteiger partial charge in [-0.15, -0.1) is 0 Å². The molecule has 0 bridgehead atoms. The number of hydrogen-bond donors (Lipinski definition) is 3. The van der Waals surface area contributed by atoms with Crippen molar-refractivity contribution in [2.24, 2.45) is 0 Å². The fraction of sp³-hybridized carbons (Fsp3) is 0. The molecule has 0 fully saturated rings. The van der Waals surface area contributed by atoms with Crippen LogP contribution in [0.1, 0.15) is 10.4 Å². The molecule has 2 aromatic carbocycles. The summed E-state index contributed by atoms with van der Waals surface area (Å²) < 4.78 is 31.4. The summed E-state index contributed by atoms with van der Waals surface area (Å²) >= 11 is 0. The van der Waals surface area contributed by atoms with E-state index >= 15 is 0 Å². The van der Waals surface area contributed by atoms with Crippen molar-refractivity contribution < 1.29 is 22.7 Å². The molecular formula is C13H11N3O6S. The van der Waals surface area contributed by atoms with Crippen molar-refractivity contribution in [3.8, 4) is 0 Å². The highest BCUT2D eigenvalue weighted by Gasteiger charge is 2.16. The van der Waals surface area contributed by atoms with Crippen LogP contribution in [0, 0.1) is 10.1 Å². The van der Waals surface area contributed by atoms with Crippen LogP contribution in [0.15, 0.2) is 47.4 Å². The molecule has 0 saturated carbocycles. The van der Waals surface area contributed by atoms with Gasteiger partial charge in [0.25, 0.3) is 21.7 Å². The van der Waals surface area contributed by atoms with Gasteiger partial charge in [-0.3, -0.25) is 19.5 Å². The first-order chi connectivity index (χ1) is 10.7. The fourth-order valence-corrected chi connectivity index (χ4v) is 2.44. The summed E-state index contributed by atoms with van der Waals surface area (Å²) in [5.41, 5.74) is 5.08. The van der Waals surface area contributed by atoms with Gasteiger partial charge >= 0.3 is 0 Å². The van der Waals surface area contributed by atoms with Crippen molar-refractivity contribution in [3.05, 3.63) is 58.1 Å². The van der Waals surface area contributed by atoms with Gasteiger partial charge in [0, 0.05) is 23.4 Å². The van der Waals surface area contributed by atoms with E-state index < -0.39 is 25.8 Å². The number of carbonyl (C=O) groups excluding carboxylic acids is 1. The molecule has 0 heterocycles. The van der Waals surface area contributed by atoms with Gasteiger partial charge in [0.05, 0.1) is 10.6 Å². The van der Waals surface area contributed by atoms with Crippen LogP contribution >= 0.6 is 0 Å². The Labute approximate surface area is 130 Å². The number of non-ortho nitro benzene ring substituents is 1. The Balaban J connectivity index is 2.31. The lowest BCUT2D eigenvalue weighted by molar-refractivity contribution is -0.384. The highest BCUT2D eigenvalue weighted by molar-refractivity contribution is 7.86. The van der Waals surface area contributed by atoms with Crippen LogP contribution in [0.5, 0.6) is 0 Å². The molecule has 1 amide bonds. The summed E-state index contributed by atoms with van der Waals surface area (Å²) in [7, 11) is -4.54. The minimum Gasteiger partial charge on any atom is -0.398 e. The number of nitrogens with two attached hydrogens (primary N) is 1. The van der Waals surface area contributed by atoms with Crippen LogP contribution in [-0.4, -0.2) is 23.8 Å². The van der Waals surface area contributed by atoms with E-state index in [1.165, 1.54) is 30.3 Å². The number of nitro groups is 1. The lowest BCUT2D eigenvalue weighted by Crippen LogP contribution is -2.13. The van der Waals surface area contributed by atoms with Crippen LogP contribution in [-0.2, 0) is 10.1 Å². The summed E-state index contributed by atoms with van der Waals surface area (Å²) in [6.45, 7) is 0. The highest BCUT2D eigenvalue weighted by Crippen LogP contribution is 2.23. The summed E-state index contributed by atoms with van der Waals surface area (Å²) in [4.78, 5) is 21.6. The van der Waals surface area contributed by atoms with Crippen LogP contribution in [0.4, 0.5) is 17.1 Å². The van der Waals surface area contributed by atoms with Gasteiger partial charge in [-0.2, -0.15) is 8.42 Å². The van der Waals surface area contributed by atoms with Crippen LogP contribution in [0.2, 0.25) is 0 Å². The van der Waals surface area contributed by atoms with Crippen molar-refractivity contribution in [2.75, 3.05) is 11.1 Å². The summed E-state index contributed by atoms with van der Waals surface area (Å²) in [5, 5.41) is 13.1. The number of benzene rings is 2. The predicted octanol–water partition coefficient (Wildman–Crippen LogP) is 1.68. The molecule has 23 heavy (non-hydrogen) atoms. The normalized spacial score (nSPS) is 11.0. The van der Waals surface area contributed by atoms with E-state index in [1.807, 2.05) is 0 Å². The Morgan fingerprint density at radius 1 is 1.22 bits per heavy atom. The largest absolute Gasteiger partial charge is 0.398 e. The predicted molar refractivity (Wildman–Crippen MR) is 81.7 cm³/mol. The van der Waals surface area contributed by atoms with Crippen LogP contribution in [0.25, 0.3) is 0 Å². The van der Waals surface area contributed by atoms with E-state index in [-0.39, 0.29) is 22.6 Å². The first kappa shape index (κ1) is 16.4. The van der Waals surface area contributed by atoms with Gasteiger partial charge in [-0.05, 0) is 24.3 Å². The minimum atomic E-state index is -4.54. The Kier molecular flexibility index (Phi) is 4.29. The van der Waals surface area contributed by atoms with Gasteiger partial charge in [0.1, 0.15) is 4.90 Å². The number of hydrogen-bond acceptors (Lipinski definition) is 6.